The average Bonchev–Trinajstić information content (AvgIpc) is 3.38. The van der Waals surface area contributed by atoms with Gasteiger partial charge in [-0.15, -0.1) is 0 Å². The summed E-state index contributed by atoms with van der Waals surface area (Å²) in [6.45, 7) is 4.08. The summed E-state index contributed by atoms with van der Waals surface area (Å²) < 4.78 is 32.6. The van der Waals surface area contributed by atoms with E-state index in [1.165, 1.54) is 31.0 Å². The fourth-order valence-corrected chi connectivity index (χ4v) is 5.23. The van der Waals surface area contributed by atoms with Crippen LogP contribution in [-0.4, -0.2) is 73.4 Å². The number of methoxy groups -OCH3 is 1. The first-order valence-electron chi connectivity index (χ1n) is 12.8. The van der Waals surface area contributed by atoms with E-state index in [2.05, 4.69) is 54.7 Å². The van der Waals surface area contributed by atoms with E-state index < -0.39 is 9.84 Å². The molecule has 40 heavy (non-hydrogen) atoms. The summed E-state index contributed by atoms with van der Waals surface area (Å²) >= 11 is 0. The second-order valence-corrected chi connectivity index (χ2v) is 11.3. The lowest BCUT2D eigenvalue weighted by atomic mass is 10.2. The zero-order valence-electron chi connectivity index (χ0n) is 22.7. The topological polar surface area (TPSA) is 118 Å². The summed E-state index contributed by atoms with van der Waals surface area (Å²) in [5.74, 6) is 1.92. The van der Waals surface area contributed by atoms with Crippen molar-refractivity contribution in [3.05, 3.63) is 78.0 Å². The Hall–Kier alpha value is -4.42. The monoisotopic (exact) mass is 560 g/mol. The summed E-state index contributed by atoms with van der Waals surface area (Å²) in [4.78, 5) is 13.9. The molecule has 2 aromatic heterocycles. The summed E-state index contributed by atoms with van der Waals surface area (Å²) in [6, 6.07) is 16.2. The molecule has 11 nitrogen and oxygen atoms in total. The Bertz CT molecular complexity index is 1580. The molecule has 2 aromatic carbocycles. The minimum atomic E-state index is -3.71. The number of nitrogens with one attached hydrogen (secondary N) is 2. The quantitative estimate of drug-likeness (QED) is 0.312. The van der Waals surface area contributed by atoms with Crippen LogP contribution in [0.15, 0.2) is 77.3 Å². The molecule has 3 heterocycles. The minimum absolute atomic E-state index is 0.156. The summed E-state index contributed by atoms with van der Waals surface area (Å²) in [6.07, 6.45) is 4.84. The predicted molar refractivity (Wildman–Crippen MR) is 157 cm³/mol. The van der Waals surface area contributed by atoms with Gasteiger partial charge in [0.05, 0.1) is 12.0 Å². The van der Waals surface area contributed by atoms with Gasteiger partial charge in [0.2, 0.25) is 5.95 Å². The predicted octanol–water partition coefficient (Wildman–Crippen LogP) is 3.90. The van der Waals surface area contributed by atoms with E-state index in [4.69, 9.17) is 4.74 Å². The van der Waals surface area contributed by atoms with E-state index in [0.29, 0.717) is 28.9 Å². The smallest absolute Gasteiger partial charge is 0.229 e. The van der Waals surface area contributed by atoms with Gasteiger partial charge in [-0.1, -0.05) is 0 Å². The highest BCUT2D eigenvalue weighted by atomic mass is 32.2. The Balaban J connectivity index is 1.37. The Morgan fingerprint density at radius 1 is 0.925 bits per heavy atom. The molecule has 12 heteroatoms. The van der Waals surface area contributed by atoms with Gasteiger partial charge in [0.15, 0.2) is 15.7 Å². The number of anilines is 5. The van der Waals surface area contributed by atoms with Gasteiger partial charge < -0.3 is 25.2 Å². The zero-order valence-corrected chi connectivity index (χ0v) is 23.5. The number of aryl methyl sites for hydroxylation is 1. The Labute approximate surface area is 234 Å². The molecule has 0 atom stereocenters. The van der Waals surface area contributed by atoms with Crippen molar-refractivity contribution in [3.8, 4) is 5.75 Å². The van der Waals surface area contributed by atoms with E-state index in [1.54, 1.807) is 35.3 Å². The molecule has 1 aliphatic rings. The molecule has 1 saturated heterocycles. The van der Waals surface area contributed by atoms with Crippen molar-refractivity contribution in [1.29, 1.82) is 0 Å². The molecule has 1 fully saturated rings. The number of aromatic nitrogens is 4. The Morgan fingerprint density at radius 3 is 2.30 bits per heavy atom. The number of likely N-dealkylation sites (N-methyl/N-ethyl adjacent to an activating group) is 1. The van der Waals surface area contributed by atoms with Crippen molar-refractivity contribution in [2.24, 2.45) is 7.05 Å². The molecule has 208 valence electrons. The minimum Gasteiger partial charge on any atom is -0.497 e. The summed E-state index contributed by atoms with van der Waals surface area (Å²) in [7, 11) is 1.78. The van der Waals surface area contributed by atoms with Crippen LogP contribution in [0.3, 0.4) is 0 Å². The van der Waals surface area contributed by atoms with Crippen LogP contribution < -0.4 is 20.3 Å². The van der Waals surface area contributed by atoms with Crippen LogP contribution in [0.2, 0.25) is 0 Å². The Kier molecular flexibility index (Phi) is 7.99. The number of piperazine rings is 1. The van der Waals surface area contributed by atoms with Crippen LogP contribution in [0.4, 0.5) is 29.0 Å². The molecule has 5 rings (SSSR count). The van der Waals surface area contributed by atoms with Crippen LogP contribution in [0.5, 0.6) is 5.75 Å². The molecule has 0 unspecified atom stereocenters. The SMILES string of the molecule is COc1ccc(S(=O)(=O)/C=C/c2cnc(Nc3ccc(N4CCN(C)CC4)cc3)nc2Nc2ccn(C)n2)cc1. The molecule has 0 aliphatic carbocycles. The fraction of sp³-hybridized carbons (Fsp3) is 0.250. The van der Waals surface area contributed by atoms with Gasteiger partial charge in [-0.05, 0) is 61.7 Å². The van der Waals surface area contributed by atoms with E-state index in [-0.39, 0.29) is 4.90 Å². The van der Waals surface area contributed by atoms with Gasteiger partial charge in [-0.25, -0.2) is 13.4 Å². The molecular formula is C28H32N8O3S. The van der Waals surface area contributed by atoms with Gasteiger partial charge >= 0.3 is 0 Å². The number of rotatable bonds is 9. The number of ether oxygens (including phenoxy) is 1. The van der Waals surface area contributed by atoms with Gasteiger partial charge in [0.25, 0.3) is 0 Å². The number of nitrogens with zero attached hydrogens (tertiary/aromatic N) is 6. The third-order valence-electron chi connectivity index (χ3n) is 6.58. The first-order valence-corrected chi connectivity index (χ1v) is 14.4. The van der Waals surface area contributed by atoms with Crippen molar-refractivity contribution < 1.29 is 13.2 Å². The largest absolute Gasteiger partial charge is 0.497 e. The molecule has 0 bridgehead atoms. The second-order valence-electron chi connectivity index (χ2n) is 9.48. The van der Waals surface area contributed by atoms with Crippen LogP contribution in [-0.2, 0) is 16.9 Å². The fourth-order valence-electron chi connectivity index (χ4n) is 4.23. The lowest BCUT2D eigenvalue weighted by Crippen LogP contribution is -2.44. The van der Waals surface area contributed by atoms with Crippen molar-refractivity contribution in [3.63, 3.8) is 0 Å². The van der Waals surface area contributed by atoms with Crippen LogP contribution in [0.1, 0.15) is 5.56 Å². The van der Waals surface area contributed by atoms with Crippen LogP contribution in [0, 0.1) is 0 Å². The maximum absolute atomic E-state index is 12.9. The van der Waals surface area contributed by atoms with Gasteiger partial charge in [-0.2, -0.15) is 10.1 Å². The van der Waals surface area contributed by atoms with Gasteiger partial charge in [-0.3, -0.25) is 4.68 Å². The lowest BCUT2D eigenvalue weighted by molar-refractivity contribution is 0.313. The molecule has 2 N–H and O–H groups in total. The summed E-state index contributed by atoms with van der Waals surface area (Å²) in [5.41, 5.74) is 2.50. The molecule has 0 amide bonds. The molecule has 1 aliphatic heterocycles. The highest BCUT2D eigenvalue weighted by molar-refractivity contribution is 7.94. The first-order chi connectivity index (χ1) is 19.3. The molecular weight excluding hydrogens is 528 g/mol. The molecule has 0 spiro atoms. The third kappa shape index (κ3) is 6.58. The standard InChI is InChI=1S/C28H32N8O3S/c1-34-15-17-36(18-16-34)23-6-4-22(5-7-23)30-28-29-20-21(27(32-28)31-26-12-14-35(2)33-26)13-19-40(37,38)25-10-8-24(39-3)9-11-25/h4-14,19-20H,15-18H2,1-3H3,(H2,29,30,31,32,33)/b19-13+. The molecule has 4 aromatic rings. The molecule has 0 radical (unpaired) electrons. The van der Waals surface area contributed by atoms with Crippen LogP contribution >= 0.6 is 0 Å². The van der Waals surface area contributed by atoms with Gasteiger partial charge in [0.1, 0.15) is 11.6 Å². The summed E-state index contributed by atoms with van der Waals surface area (Å²) in [5, 5.41) is 11.9. The number of hydrogen-bond donors (Lipinski definition) is 2. The van der Waals surface area contributed by atoms with Crippen molar-refractivity contribution in [1.82, 2.24) is 24.6 Å². The number of hydrogen-bond acceptors (Lipinski definition) is 10. The lowest BCUT2D eigenvalue weighted by Gasteiger charge is -2.34. The van der Waals surface area contributed by atoms with E-state index in [0.717, 1.165) is 37.3 Å². The van der Waals surface area contributed by atoms with Crippen molar-refractivity contribution in [2.75, 3.05) is 55.9 Å². The maximum atomic E-state index is 12.9. The normalized spacial score (nSPS) is 14.4. The Morgan fingerprint density at radius 2 is 1.65 bits per heavy atom. The average molecular weight is 561 g/mol. The number of benzene rings is 2. The molecule has 0 saturated carbocycles. The van der Waals surface area contributed by atoms with E-state index >= 15 is 0 Å². The van der Waals surface area contributed by atoms with E-state index in [1.807, 2.05) is 19.2 Å². The van der Waals surface area contributed by atoms with Crippen LogP contribution in [0.25, 0.3) is 6.08 Å². The highest BCUT2D eigenvalue weighted by Crippen LogP contribution is 2.25. The van der Waals surface area contributed by atoms with Crippen molar-refractivity contribution in [2.45, 2.75) is 4.90 Å². The van der Waals surface area contributed by atoms with E-state index in [9.17, 15) is 8.42 Å². The second kappa shape index (κ2) is 11.8. The number of sulfone groups is 1. The third-order valence-corrected chi connectivity index (χ3v) is 8.01. The maximum Gasteiger partial charge on any atom is 0.229 e. The van der Waals surface area contributed by atoms with Gasteiger partial charge in [0, 0.05) is 74.0 Å². The zero-order chi connectivity index (χ0) is 28.1. The highest BCUT2D eigenvalue weighted by Gasteiger charge is 2.15. The van der Waals surface area contributed by atoms with Crippen molar-refractivity contribution >= 4 is 44.9 Å². The first kappa shape index (κ1) is 27.2.